The first kappa shape index (κ1) is 25.4. The van der Waals surface area contributed by atoms with Gasteiger partial charge in [0.1, 0.15) is 11.2 Å². The molecule has 2 heterocycles. The fourth-order valence-corrected chi connectivity index (χ4v) is 6.25. The van der Waals surface area contributed by atoms with Crippen molar-refractivity contribution < 1.29 is 4.42 Å². The van der Waals surface area contributed by atoms with Crippen LogP contribution in [0.3, 0.4) is 0 Å². The third-order valence-corrected chi connectivity index (χ3v) is 8.47. The van der Waals surface area contributed by atoms with Gasteiger partial charge in [-0.2, -0.15) is 0 Å². The Morgan fingerprint density at radius 2 is 0.933 bits per heavy atom. The molecule has 0 N–H and O–H groups in total. The van der Waals surface area contributed by atoms with Gasteiger partial charge in [-0.25, -0.2) is 15.0 Å². The van der Waals surface area contributed by atoms with Gasteiger partial charge >= 0.3 is 0 Å². The van der Waals surface area contributed by atoms with E-state index in [9.17, 15) is 0 Å². The standard InChI is InChI=1S/C41H25N3O/c1-3-11-26(12-4-1)39-42-40(27-13-5-2-6-14-27)44-41(43-39)32-22-29-15-7-8-16-33(29)35(24-32)30-20-19-28-23-36-34-17-9-10-18-37(34)45-38(36)25-31(28)21-30/h1-25H. The van der Waals surface area contributed by atoms with Crippen LogP contribution in [0, 0.1) is 0 Å². The van der Waals surface area contributed by atoms with Crippen molar-refractivity contribution in [3.63, 3.8) is 0 Å². The van der Waals surface area contributed by atoms with E-state index in [-0.39, 0.29) is 0 Å². The number of fused-ring (bicyclic) bond motifs is 5. The third kappa shape index (κ3) is 4.43. The zero-order chi connectivity index (χ0) is 29.7. The second-order valence-electron chi connectivity index (χ2n) is 11.3. The molecule has 2 aromatic heterocycles. The van der Waals surface area contributed by atoms with Crippen LogP contribution in [-0.2, 0) is 0 Å². The molecule has 4 heteroatoms. The van der Waals surface area contributed by atoms with E-state index in [1.54, 1.807) is 0 Å². The number of aromatic nitrogens is 3. The molecule has 0 aliphatic heterocycles. The Hall–Kier alpha value is -6.13. The summed E-state index contributed by atoms with van der Waals surface area (Å²) < 4.78 is 6.23. The van der Waals surface area contributed by atoms with Gasteiger partial charge in [0.15, 0.2) is 17.5 Å². The molecule has 0 aliphatic carbocycles. The summed E-state index contributed by atoms with van der Waals surface area (Å²) in [5, 5.41) is 6.88. The highest BCUT2D eigenvalue weighted by atomic mass is 16.3. The van der Waals surface area contributed by atoms with E-state index in [1.807, 2.05) is 72.8 Å². The van der Waals surface area contributed by atoms with Crippen molar-refractivity contribution in [3.05, 3.63) is 152 Å². The lowest BCUT2D eigenvalue weighted by molar-refractivity contribution is 0.669. The first-order chi connectivity index (χ1) is 22.3. The van der Waals surface area contributed by atoms with E-state index in [0.29, 0.717) is 17.5 Å². The average Bonchev–Trinajstić information content (AvgIpc) is 3.47. The molecule has 45 heavy (non-hydrogen) atoms. The molecule has 0 atom stereocenters. The first-order valence-corrected chi connectivity index (χ1v) is 15.0. The number of rotatable bonds is 4. The van der Waals surface area contributed by atoms with Crippen LogP contribution in [-0.4, -0.2) is 15.0 Å². The van der Waals surface area contributed by atoms with Crippen molar-refractivity contribution in [1.82, 2.24) is 15.0 Å². The van der Waals surface area contributed by atoms with Crippen LogP contribution in [0.4, 0.5) is 0 Å². The third-order valence-electron chi connectivity index (χ3n) is 8.47. The van der Waals surface area contributed by atoms with Crippen LogP contribution in [0.1, 0.15) is 0 Å². The molecule has 9 rings (SSSR count). The van der Waals surface area contributed by atoms with Crippen molar-refractivity contribution in [2.24, 2.45) is 0 Å². The van der Waals surface area contributed by atoms with Crippen LogP contribution in [0.5, 0.6) is 0 Å². The summed E-state index contributed by atoms with van der Waals surface area (Å²) in [5.41, 5.74) is 6.88. The molecule has 0 bridgehead atoms. The molecule has 0 aliphatic rings. The van der Waals surface area contributed by atoms with Gasteiger partial charge in [0.2, 0.25) is 0 Å². The van der Waals surface area contributed by atoms with Crippen LogP contribution in [0.15, 0.2) is 156 Å². The van der Waals surface area contributed by atoms with Gasteiger partial charge in [-0.1, -0.05) is 115 Å². The Labute approximate surface area is 259 Å². The predicted molar refractivity (Wildman–Crippen MR) is 184 cm³/mol. The molecule has 0 saturated heterocycles. The number of furan rings is 1. The summed E-state index contributed by atoms with van der Waals surface area (Å²) in [7, 11) is 0. The van der Waals surface area contributed by atoms with Gasteiger partial charge in [0.05, 0.1) is 0 Å². The summed E-state index contributed by atoms with van der Waals surface area (Å²) in [6.07, 6.45) is 0. The van der Waals surface area contributed by atoms with Crippen molar-refractivity contribution >= 4 is 43.5 Å². The molecule has 0 saturated carbocycles. The summed E-state index contributed by atoms with van der Waals surface area (Å²) >= 11 is 0. The quantitative estimate of drug-likeness (QED) is 0.209. The van der Waals surface area contributed by atoms with E-state index in [0.717, 1.165) is 60.5 Å². The van der Waals surface area contributed by atoms with Crippen LogP contribution in [0.25, 0.3) is 88.8 Å². The average molecular weight is 576 g/mol. The molecule has 0 radical (unpaired) electrons. The van der Waals surface area contributed by atoms with E-state index in [4.69, 9.17) is 19.4 Å². The number of hydrogen-bond acceptors (Lipinski definition) is 4. The molecule has 7 aromatic carbocycles. The normalized spacial score (nSPS) is 11.6. The molecule has 0 amide bonds. The maximum absolute atomic E-state index is 6.23. The van der Waals surface area contributed by atoms with E-state index in [1.165, 1.54) is 10.8 Å². The summed E-state index contributed by atoms with van der Waals surface area (Å²) in [5.74, 6) is 1.93. The molecule has 0 fully saturated rings. The number of nitrogens with zero attached hydrogens (tertiary/aromatic N) is 3. The zero-order valence-corrected chi connectivity index (χ0v) is 24.2. The Morgan fingerprint density at radius 3 is 1.67 bits per heavy atom. The smallest absolute Gasteiger partial charge is 0.164 e. The van der Waals surface area contributed by atoms with E-state index >= 15 is 0 Å². The van der Waals surface area contributed by atoms with Crippen molar-refractivity contribution in [1.29, 1.82) is 0 Å². The minimum Gasteiger partial charge on any atom is -0.456 e. The van der Waals surface area contributed by atoms with E-state index in [2.05, 4.69) is 78.9 Å². The molecule has 0 spiro atoms. The largest absolute Gasteiger partial charge is 0.456 e. The maximum Gasteiger partial charge on any atom is 0.164 e. The molecular weight excluding hydrogens is 550 g/mol. The van der Waals surface area contributed by atoms with Gasteiger partial charge in [-0.3, -0.25) is 0 Å². The SMILES string of the molecule is c1ccc(-c2nc(-c3ccccc3)nc(-c3cc(-c4ccc5cc6c(cc5c4)oc4ccccc46)c4ccccc4c3)n2)cc1. The van der Waals surface area contributed by atoms with Crippen molar-refractivity contribution in [2.45, 2.75) is 0 Å². The highest BCUT2D eigenvalue weighted by molar-refractivity contribution is 6.11. The molecule has 9 aromatic rings. The second kappa shape index (κ2) is 10.2. The topological polar surface area (TPSA) is 51.8 Å². The minimum atomic E-state index is 0.638. The fourth-order valence-electron chi connectivity index (χ4n) is 6.25. The highest BCUT2D eigenvalue weighted by Crippen LogP contribution is 2.37. The molecule has 210 valence electrons. The first-order valence-electron chi connectivity index (χ1n) is 15.0. The van der Waals surface area contributed by atoms with Crippen LogP contribution in [0.2, 0.25) is 0 Å². The number of para-hydroxylation sites is 1. The number of benzene rings is 7. The van der Waals surface area contributed by atoms with Gasteiger partial charge in [-0.15, -0.1) is 0 Å². The lowest BCUT2D eigenvalue weighted by atomic mass is 9.93. The number of hydrogen-bond donors (Lipinski definition) is 0. The zero-order valence-electron chi connectivity index (χ0n) is 24.2. The molecular formula is C41H25N3O. The van der Waals surface area contributed by atoms with Gasteiger partial charge in [0.25, 0.3) is 0 Å². The molecule has 4 nitrogen and oxygen atoms in total. The maximum atomic E-state index is 6.23. The Balaban J connectivity index is 1.25. The van der Waals surface area contributed by atoms with Gasteiger partial charge in [-0.05, 0) is 69.1 Å². The van der Waals surface area contributed by atoms with Crippen LogP contribution < -0.4 is 0 Å². The Kier molecular flexibility index (Phi) is 5.78. The summed E-state index contributed by atoms with van der Waals surface area (Å²) in [6, 6.07) is 52.3. The Bertz CT molecular complexity index is 2480. The Morgan fingerprint density at radius 1 is 0.333 bits per heavy atom. The lowest BCUT2D eigenvalue weighted by Gasteiger charge is -2.13. The molecule has 0 unspecified atom stereocenters. The monoisotopic (exact) mass is 575 g/mol. The fraction of sp³-hybridized carbons (Fsp3) is 0. The highest BCUT2D eigenvalue weighted by Gasteiger charge is 2.16. The van der Waals surface area contributed by atoms with E-state index < -0.39 is 0 Å². The van der Waals surface area contributed by atoms with Crippen molar-refractivity contribution in [2.75, 3.05) is 0 Å². The lowest BCUT2D eigenvalue weighted by Crippen LogP contribution is -2.00. The summed E-state index contributed by atoms with van der Waals surface area (Å²) in [4.78, 5) is 14.9. The van der Waals surface area contributed by atoms with Gasteiger partial charge < -0.3 is 4.42 Å². The summed E-state index contributed by atoms with van der Waals surface area (Å²) in [6.45, 7) is 0. The second-order valence-corrected chi connectivity index (χ2v) is 11.3. The van der Waals surface area contributed by atoms with Crippen molar-refractivity contribution in [3.8, 4) is 45.3 Å². The minimum absolute atomic E-state index is 0.638. The predicted octanol–water partition coefficient (Wildman–Crippen LogP) is 10.7. The van der Waals surface area contributed by atoms with Gasteiger partial charge in [0, 0.05) is 27.5 Å². The van der Waals surface area contributed by atoms with Crippen LogP contribution >= 0.6 is 0 Å².